The van der Waals surface area contributed by atoms with Crippen molar-refractivity contribution in [2.24, 2.45) is 0 Å². The lowest BCUT2D eigenvalue weighted by atomic mass is 10.0. The van der Waals surface area contributed by atoms with E-state index in [1.54, 1.807) is 0 Å². The van der Waals surface area contributed by atoms with Gasteiger partial charge in [-0.2, -0.15) is 0 Å². The number of rotatable bonds is 7. The maximum absolute atomic E-state index is 11.4. The van der Waals surface area contributed by atoms with Gasteiger partial charge >= 0.3 is 5.97 Å². The number of carbonyl (C=O) groups is 1. The second kappa shape index (κ2) is 6.93. The third-order valence-electron chi connectivity index (χ3n) is 2.61. The van der Waals surface area contributed by atoms with Crippen LogP contribution >= 0.6 is 0 Å². The van der Waals surface area contributed by atoms with Crippen molar-refractivity contribution in [1.29, 1.82) is 0 Å². The predicted octanol–water partition coefficient (Wildman–Crippen LogP) is 1.23. The zero-order valence-corrected chi connectivity index (χ0v) is 10.6. The van der Waals surface area contributed by atoms with Crippen LogP contribution in [-0.2, 0) is 19.0 Å². The average Bonchev–Trinajstić information content (AvgIpc) is 2.72. The Bertz CT molecular complexity index is 233. The van der Waals surface area contributed by atoms with Crippen molar-refractivity contribution in [2.75, 3.05) is 19.8 Å². The second-order valence-corrected chi connectivity index (χ2v) is 4.47. The van der Waals surface area contributed by atoms with E-state index in [4.69, 9.17) is 19.3 Å². The zero-order chi connectivity index (χ0) is 12.7. The van der Waals surface area contributed by atoms with Gasteiger partial charge in [0.15, 0.2) is 5.79 Å². The molecule has 5 heteroatoms. The summed E-state index contributed by atoms with van der Waals surface area (Å²) in [6.07, 6.45) is 1.89. The van der Waals surface area contributed by atoms with Gasteiger partial charge in [-0.25, -0.2) is 0 Å². The van der Waals surface area contributed by atoms with Gasteiger partial charge in [0.2, 0.25) is 0 Å². The second-order valence-electron chi connectivity index (χ2n) is 4.47. The summed E-state index contributed by atoms with van der Waals surface area (Å²) in [7, 11) is 0. The van der Waals surface area contributed by atoms with Crippen molar-refractivity contribution in [3.63, 3.8) is 0 Å². The highest BCUT2D eigenvalue weighted by Crippen LogP contribution is 2.30. The summed E-state index contributed by atoms with van der Waals surface area (Å²) in [4.78, 5) is 11.4. The quantitative estimate of drug-likeness (QED) is 0.684. The van der Waals surface area contributed by atoms with Crippen molar-refractivity contribution in [3.05, 3.63) is 0 Å². The number of carbonyl (C=O) groups excluding carboxylic acids is 1. The Labute approximate surface area is 102 Å². The highest BCUT2D eigenvalue weighted by atomic mass is 16.7. The lowest BCUT2D eigenvalue weighted by Gasteiger charge is -2.26. The van der Waals surface area contributed by atoms with Gasteiger partial charge in [-0.05, 0) is 20.3 Å². The number of ether oxygens (including phenoxy) is 3. The Morgan fingerprint density at radius 1 is 1.35 bits per heavy atom. The standard InChI is InChI=1S/C12H22O5/c1-10(2)17-11(14)4-6-12(5-3-7-13)15-8-9-16-12/h10,13H,3-9H2,1-2H3. The highest BCUT2D eigenvalue weighted by Gasteiger charge is 2.36. The smallest absolute Gasteiger partial charge is 0.306 e. The fourth-order valence-electron chi connectivity index (χ4n) is 1.87. The van der Waals surface area contributed by atoms with E-state index in [9.17, 15) is 4.79 Å². The highest BCUT2D eigenvalue weighted by molar-refractivity contribution is 5.69. The fourth-order valence-corrected chi connectivity index (χ4v) is 1.87. The predicted molar refractivity (Wildman–Crippen MR) is 61.4 cm³/mol. The molecule has 0 atom stereocenters. The van der Waals surface area contributed by atoms with Crippen LogP contribution in [0.2, 0.25) is 0 Å². The average molecular weight is 246 g/mol. The van der Waals surface area contributed by atoms with Crippen molar-refractivity contribution in [2.45, 2.75) is 51.4 Å². The molecule has 1 N–H and O–H groups in total. The summed E-state index contributed by atoms with van der Waals surface area (Å²) in [5.41, 5.74) is 0. The van der Waals surface area contributed by atoms with Gasteiger partial charge in [-0.1, -0.05) is 0 Å². The minimum atomic E-state index is -0.696. The summed E-state index contributed by atoms with van der Waals surface area (Å²) in [6, 6.07) is 0. The Balaban J connectivity index is 2.36. The number of esters is 1. The van der Waals surface area contributed by atoms with Gasteiger partial charge in [0.05, 0.1) is 25.7 Å². The molecule has 0 radical (unpaired) electrons. The molecule has 5 nitrogen and oxygen atoms in total. The van der Waals surface area contributed by atoms with Crippen LogP contribution in [0.5, 0.6) is 0 Å². The Kier molecular flexibility index (Phi) is 5.88. The van der Waals surface area contributed by atoms with Crippen LogP contribution < -0.4 is 0 Å². The molecule has 1 fully saturated rings. The van der Waals surface area contributed by atoms with Gasteiger partial charge in [0.1, 0.15) is 0 Å². The van der Waals surface area contributed by atoms with Crippen molar-refractivity contribution < 1.29 is 24.1 Å². The number of aliphatic hydroxyl groups excluding tert-OH is 1. The van der Waals surface area contributed by atoms with Crippen LogP contribution in [0.1, 0.15) is 39.5 Å². The van der Waals surface area contributed by atoms with Gasteiger partial charge in [-0.3, -0.25) is 4.79 Å². The molecule has 1 heterocycles. The third kappa shape index (κ3) is 5.02. The first kappa shape index (κ1) is 14.4. The normalized spacial score (nSPS) is 18.6. The molecule has 0 bridgehead atoms. The molecule has 1 saturated heterocycles. The van der Waals surface area contributed by atoms with Crippen LogP contribution in [0.25, 0.3) is 0 Å². The lowest BCUT2D eigenvalue weighted by Crippen LogP contribution is -2.31. The molecule has 0 aromatic rings. The Morgan fingerprint density at radius 3 is 2.53 bits per heavy atom. The molecule has 1 aliphatic heterocycles. The van der Waals surface area contributed by atoms with Crippen LogP contribution in [0.15, 0.2) is 0 Å². The van der Waals surface area contributed by atoms with Gasteiger partial charge in [-0.15, -0.1) is 0 Å². The molecular formula is C12H22O5. The van der Waals surface area contributed by atoms with E-state index in [0.29, 0.717) is 32.5 Å². The van der Waals surface area contributed by atoms with Crippen LogP contribution in [0.4, 0.5) is 0 Å². The van der Waals surface area contributed by atoms with E-state index in [2.05, 4.69) is 0 Å². The van der Waals surface area contributed by atoms with Crippen molar-refractivity contribution in [1.82, 2.24) is 0 Å². The van der Waals surface area contributed by atoms with E-state index in [-0.39, 0.29) is 25.1 Å². The maximum atomic E-state index is 11.4. The van der Waals surface area contributed by atoms with Gasteiger partial charge < -0.3 is 19.3 Å². The van der Waals surface area contributed by atoms with Gasteiger partial charge in [0, 0.05) is 19.4 Å². The Hall–Kier alpha value is -0.650. The molecule has 1 aliphatic rings. The largest absolute Gasteiger partial charge is 0.463 e. The molecule has 1 rings (SSSR count). The Morgan fingerprint density at radius 2 is 2.00 bits per heavy atom. The zero-order valence-electron chi connectivity index (χ0n) is 10.6. The molecule has 0 aliphatic carbocycles. The van der Waals surface area contributed by atoms with Gasteiger partial charge in [0.25, 0.3) is 0 Å². The monoisotopic (exact) mass is 246 g/mol. The molecule has 0 aromatic carbocycles. The van der Waals surface area contributed by atoms with E-state index >= 15 is 0 Å². The van der Waals surface area contributed by atoms with Crippen molar-refractivity contribution in [3.8, 4) is 0 Å². The summed E-state index contributed by atoms with van der Waals surface area (Å²) in [5, 5.41) is 8.83. The maximum Gasteiger partial charge on any atom is 0.306 e. The molecular weight excluding hydrogens is 224 g/mol. The van der Waals surface area contributed by atoms with E-state index in [0.717, 1.165) is 0 Å². The lowest BCUT2D eigenvalue weighted by molar-refractivity contribution is -0.176. The number of aliphatic hydroxyl groups is 1. The minimum Gasteiger partial charge on any atom is -0.463 e. The summed E-state index contributed by atoms with van der Waals surface area (Å²) < 4.78 is 16.2. The molecule has 17 heavy (non-hydrogen) atoms. The molecule has 0 unspecified atom stereocenters. The molecule has 0 aromatic heterocycles. The first-order chi connectivity index (χ1) is 8.08. The van der Waals surface area contributed by atoms with E-state index < -0.39 is 5.79 Å². The molecule has 100 valence electrons. The number of hydrogen-bond donors (Lipinski definition) is 1. The minimum absolute atomic E-state index is 0.0960. The summed E-state index contributed by atoms with van der Waals surface area (Å²) in [6.45, 7) is 4.84. The molecule has 0 saturated carbocycles. The summed E-state index contributed by atoms with van der Waals surface area (Å²) >= 11 is 0. The SMILES string of the molecule is CC(C)OC(=O)CCC1(CCCO)OCCO1. The first-order valence-corrected chi connectivity index (χ1v) is 6.16. The molecule has 0 amide bonds. The van der Waals surface area contributed by atoms with Crippen LogP contribution in [0, 0.1) is 0 Å². The number of hydrogen-bond acceptors (Lipinski definition) is 5. The van der Waals surface area contributed by atoms with Crippen LogP contribution in [-0.4, -0.2) is 42.8 Å². The third-order valence-corrected chi connectivity index (χ3v) is 2.61. The topological polar surface area (TPSA) is 65.0 Å². The van der Waals surface area contributed by atoms with Crippen LogP contribution in [0.3, 0.4) is 0 Å². The first-order valence-electron chi connectivity index (χ1n) is 6.16. The fraction of sp³-hybridized carbons (Fsp3) is 0.917. The van der Waals surface area contributed by atoms with Crippen molar-refractivity contribution >= 4 is 5.97 Å². The molecule has 0 spiro atoms. The van der Waals surface area contributed by atoms with E-state index in [1.165, 1.54) is 0 Å². The van der Waals surface area contributed by atoms with E-state index in [1.807, 2.05) is 13.8 Å². The summed E-state index contributed by atoms with van der Waals surface area (Å²) in [5.74, 6) is -0.930.